The van der Waals surface area contributed by atoms with E-state index in [1.54, 1.807) is 18.5 Å². The SMILES string of the molecule is Cc1oc([C@H](C)NC(=O)C2CCN(C)CC2)cc1C(=O)NO. The fourth-order valence-electron chi connectivity index (χ4n) is 2.68. The average Bonchev–Trinajstić information content (AvgIpc) is 2.89. The summed E-state index contributed by atoms with van der Waals surface area (Å²) in [6, 6.07) is 1.21. The standard InChI is InChI=1S/C15H23N3O4/c1-9(13-8-12(10(2)22-13)15(20)17-21)16-14(19)11-4-6-18(3)7-5-11/h8-9,11,21H,4-7H2,1-3H3,(H,16,19)(H,17,20)/t9-/m0/s1. The maximum absolute atomic E-state index is 12.3. The molecule has 2 heterocycles. The van der Waals surface area contributed by atoms with E-state index in [1.165, 1.54) is 0 Å². The maximum atomic E-state index is 12.3. The van der Waals surface area contributed by atoms with Gasteiger partial charge in [-0.15, -0.1) is 0 Å². The molecule has 122 valence electrons. The Balaban J connectivity index is 1.98. The van der Waals surface area contributed by atoms with Crippen LogP contribution < -0.4 is 10.8 Å². The third-order valence-corrected chi connectivity index (χ3v) is 4.16. The van der Waals surface area contributed by atoms with E-state index in [4.69, 9.17) is 9.62 Å². The van der Waals surface area contributed by atoms with E-state index in [1.807, 2.05) is 6.92 Å². The van der Waals surface area contributed by atoms with E-state index < -0.39 is 5.91 Å². The number of nitrogens with zero attached hydrogens (tertiary/aromatic N) is 1. The number of hydrogen-bond donors (Lipinski definition) is 3. The number of furan rings is 1. The van der Waals surface area contributed by atoms with Crippen molar-refractivity contribution < 1.29 is 19.2 Å². The molecular weight excluding hydrogens is 286 g/mol. The summed E-state index contributed by atoms with van der Waals surface area (Å²) in [6.07, 6.45) is 1.70. The van der Waals surface area contributed by atoms with Gasteiger partial charge >= 0.3 is 0 Å². The number of carbonyl (C=O) groups excluding carboxylic acids is 2. The highest BCUT2D eigenvalue weighted by Crippen LogP contribution is 2.22. The fourth-order valence-corrected chi connectivity index (χ4v) is 2.68. The molecule has 2 rings (SSSR count). The Kier molecular flexibility index (Phi) is 5.20. The first-order valence-corrected chi connectivity index (χ1v) is 7.46. The minimum Gasteiger partial charge on any atom is -0.463 e. The lowest BCUT2D eigenvalue weighted by atomic mass is 9.96. The molecule has 0 spiro atoms. The lowest BCUT2D eigenvalue weighted by molar-refractivity contribution is -0.127. The van der Waals surface area contributed by atoms with Gasteiger partial charge in [0.15, 0.2) is 0 Å². The molecule has 22 heavy (non-hydrogen) atoms. The van der Waals surface area contributed by atoms with Crippen LogP contribution in [0.4, 0.5) is 0 Å². The van der Waals surface area contributed by atoms with Crippen molar-refractivity contribution in [2.75, 3.05) is 20.1 Å². The van der Waals surface area contributed by atoms with Crippen LogP contribution in [0, 0.1) is 12.8 Å². The summed E-state index contributed by atoms with van der Waals surface area (Å²) in [6.45, 7) is 5.30. The predicted molar refractivity (Wildman–Crippen MR) is 79.5 cm³/mol. The highest BCUT2D eigenvalue weighted by atomic mass is 16.5. The molecule has 0 bridgehead atoms. The quantitative estimate of drug-likeness (QED) is 0.574. The van der Waals surface area contributed by atoms with Gasteiger partial charge in [0.1, 0.15) is 11.5 Å². The molecule has 1 aromatic heterocycles. The molecule has 0 radical (unpaired) electrons. The van der Waals surface area contributed by atoms with Crippen LogP contribution in [0.1, 0.15) is 47.7 Å². The number of rotatable bonds is 4. The first kappa shape index (κ1) is 16.5. The first-order valence-electron chi connectivity index (χ1n) is 7.46. The van der Waals surface area contributed by atoms with E-state index in [9.17, 15) is 9.59 Å². The van der Waals surface area contributed by atoms with Crippen LogP contribution in [0.15, 0.2) is 10.5 Å². The molecule has 1 fully saturated rings. The van der Waals surface area contributed by atoms with E-state index in [0.29, 0.717) is 11.5 Å². The second-order valence-corrected chi connectivity index (χ2v) is 5.87. The fraction of sp³-hybridized carbons (Fsp3) is 0.600. The predicted octanol–water partition coefficient (Wildman–Crippen LogP) is 1.23. The van der Waals surface area contributed by atoms with Gasteiger partial charge in [-0.1, -0.05) is 0 Å². The van der Waals surface area contributed by atoms with E-state index in [-0.39, 0.29) is 23.4 Å². The van der Waals surface area contributed by atoms with E-state index in [0.717, 1.165) is 25.9 Å². The summed E-state index contributed by atoms with van der Waals surface area (Å²) >= 11 is 0. The van der Waals surface area contributed by atoms with Crippen molar-refractivity contribution in [2.45, 2.75) is 32.7 Å². The minimum atomic E-state index is -0.624. The van der Waals surface area contributed by atoms with Crippen LogP contribution in [0.2, 0.25) is 0 Å². The molecule has 1 aliphatic rings. The smallest absolute Gasteiger partial charge is 0.278 e. The zero-order valence-electron chi connectivity index (χ0n) is 13.2. The Labute approximate surface area is 129 Å². The summed E-state index contributed by atoms with van der Waals surface area (Å²) in [5, 5.41) is 11.6. The van der Waals surface area contributed by atoms with Gasteiger partial charge < -0.3 is 14.6 Å². The monoisotopic (exact) mass is 309 g/mol. The number of piperidine rings is 1. The van der Waals surface area contributed by atoms with Crippen molar-refractivity contribution >= 4 is 11.8 Å². The zero-order valence-corrected chi connectivity index (χ0v) is 13.2. The van der Waals surface area contributed by atoms with Crippen LogP contribution in [-0.4, -0.2) is 42.1 Å². The second kappa shape index (κ2) is 6.93. The highest BCUT2D eigenvalue weighted by molar-refractivity contribution is 5.94. The third-order valence-electron chi connectivity index (χ3n) is 4.16. The zero-order chi connectivity index (χ0) is 16.3. The number of nitrogens with one attached hydrogen (secondary N) is 2. The van der Waals surface area contributed by atoms with Crippen molar-refractivity contribution in [3.63, 3.8) is 0 Å². The Morgan fingerprint density at radius 1 is 1.41 bits per heavy atom. The molecule has 0 aliphatic carbocycles. The van der Waals surface area contributed by atoms with Crippen molar-refractivity contribution in [1.82, 2.24) is 15.7 Å². The molecule has 2 amide bonds. The number of amides is 2. The molecule has 0 unspecified atom stereocenters. The molecule has 3 N–H and O–H groups in total. The lowest BCUT2D eigenvalue weighted by Gasteiger charge is -2.28. The van der Waals surface area contributed by atoms with Gasteiger partial charge in [-0.05, 0) is 52.9 Å². The number of aryl methyl sites for hydroxylation is 1. The normalized spacial score (nSPS) is 18.0. The Bertz CT molecular complexity index is 547. The van der Waals surface area contributed by atoms with Crippen LogP contribution in [0.3, 0.4) is 0 Å². The summed E-state index contributed by atoms with van der Waals surface area (Å²) in [7, 11) is 2.05. The Morgan fingerprint density at radius 2 is 2.05 bits per heavy atom. The van der Waals surface area contributed by atoms with Gasteiger partial charge in [-0.25, -0.2) is 5.48 Å². The number of likely N-dealkylation sites (tertiary alicyclic amines) is 1. The number of carbonyl (C=O) groups is 2. The Hall–Kier alpha value is -1.86. The topological polar surface area (TPSA) is 94.8 Å². The third kappa shape index (κ3) is 3.66. The summed E-state index contributed by atoms with van der Waals surface area (Å²) < 4.78 is 5.51. The maximum Gasteiger partial charge on any atom is 0.278 e. The van der Waals surface area contributed by atoms with Gasteiger partial charge in [0.25, 0.3) is 5.91 Å². The van der Waals surface area contributed by atoms with E-state index >= 15 is 0 Å². The summed E-state index contributed by atoms with van der Waals surface area (Å²) in [5.41, 5.74) is 1.84. The van der Waals surface area contributed by atoms with E-state index in [2.05, 4.69) is 17.3 Å². The van der Waals surface area contributed by atoms with Gasteiger partial charge in [0, 0.05) is 5.92 Å². The molecular formula is C15H23N3O4. The van der Waals surface area contributed by atoms with Crippen molar-refractivity contribution in [3.8, 4) is 0 Å². The highest BCUT2D eigenvalue weighted by Gasteiger charge is 2.26. The van der Waals surface area contributed by atoms with Crippen molar-refractivity contribution in [2.24, 2.45) is 5.92 Å². The number of hydrogen-bond acceptors (Lipinski definition) is 5. The molecule has 1 saturated heterocycles. The van der Waals surface area contributed by atoms with Crippen LogP contribution in [0.25, 0.3) is 0 Å². The molecule has 1 atom stereocenters. The minimum absolute atomic E-state index is 0.0165. The molecule has 0 aromatic carbocycles. The molecule has 0 saturated carbocycles. The Morgan fingerprint density at radius 3 is 2.64 bits per heavy atom. The average molecular weight is 309 g/mol. The van der Waals surface area contributed by atoms with Crippen LogP contribution in [-0.2, 0) is 4.79 Å². The van der Waals surface area contributed by atoms with Gasteiger partial charge in [-0.3, -0.25) is 14.8 Å². The van der Waals surface area contributed by atoms with Crippen molar-refractivity contribution in [1.29, 1.82) is 0 Å². The lowest BCUT2D eigenvalue weighted by Crippen LogP contribution is -2.39. The van der Waals surface area contributed by atoms with Gasteiger partial charge in [-0.2, -0.15) is 0 Å². The van der Waals surface area contributed by atoms with Crippen molar-refractivity contribution in [3.05, 3.63) is 23.2 Å². The van der Waals surface area contributed by atoms with Gasteiger partial charge in [0.2, 0.25) is 5.91 Å². The number of hydroxylamine groups is 1. The van der Waals surface area contributed by atoms with Crippen LogP contribution in [0.5, 0.6) is 0 Å². The molecule has 7 nitrogen and oxygen atoms in total. The summed E-state index contributed by atoms with van der Waals surface area (Å²) in [4.78, 5) is 25.9. The molecule has 1 aliphatic heterocycles. The van der Waals surface area contributed by atoms with Gasteiger partial charge in [0.05, 0.1) is 11.6 Å². The first-order chi connectivity index (χ1) is 10.4. The molecule has 1 aromatic rings. The molecule has 7 heteroatoms. The van der Waals surface area contributed by atoms with Crippen LogP contribution >= 0.6 is 0 Å². The second-order valence-electron chi connectivity index (χ2n) is 5.87. The largest absolute Gasteiger partial charge is 0.463 e. The summed E-state index contributed by atoms with van der Waals surface area (Å²) in [5.74, 6) is 0.318.